The highest BCUT2D eigenvalue weighted by Gasteiger charge is 2.19. The fourth-order valence-electron chi connectivity index (χ4n) is 1.32. The molecule has 1 aromatic rings. The summed E-state index contributed by atoms with van der Waals surface area (Å²) in [6, 6.07) is 3.36. The van der Waals surface area contributed by atoms with E-state index in [9.17, 15) is 14.0 Å². The smallest absolute Gasteiger partial charge is 0.323 e. The highest BCUT2D eigenvalue weighted by molar-refractivity contribution is 6.33. The predicted molar refractivity (Wildman–Crippen MR) is 60.6 cm³/mol. The van der Waals surface area contributed by atoms with Crippen LogP contribution in [0.3, 0.4) is 0 Å². The molecule has 0 aliphatic rings. The number of carboxylic acid groups (broad SMARTS) is 1. The molecule has 0 bridgehead atoms. The predicted octanol–water partition coefficient (Wildman–Crippen LogP) is 2.03. The van der Waals surface area contributed by atoms with Crippen molar-refractivity contribution in [3.05, 3.63) is 34.6 Å². The van der Waals surface area contributed by atoms with Gasteiger partial charge in [0.05, 0.1) is 10.6 Å². The molecule has 0 unspecified atom stereocenters. The van der Waals surface area contributed by atoms with Crippen LogP contribution in [-0.2, 0) is 4.79 Å². The fraction of sp³-hybridized carbons (Fsp3) is 0.273. The zero-order valence-electron chi connectivity index (χ0n) is 9.11. The van der Waals surface area contributed by atoms with Crippen molar-refractivity contribution in [2.24, 2.45) is 0 Å². The molecular weight excluding hydrogens is 249 g/mol. The number of amides is 1. The second-order valence-electron chi connectivity index (χ2n) is 3.34. The molecule has 0 radical (unpaired) electrons. The van der Waals surface area contributed by atoms with E-state index in [0.29, 0.717) is 0 Å². The molecule has 0 spiro atoms. The van der Waals surface area contributed by atoms with Crippen molar-refractivity contribution in [3.63, 3.8) is 0 Å². The summed E-state index contributed by atoms with van der Waals surface area (Å²) in [6.07, 6.45) is 0. The summed E-state index contributed by atoms with van der Waals surface area (Å²) in [5.74, 6) is -2.19. The summed E-state index contributed by atoms with van der Waals surface area (Å²) in [7, 11) is 0. The molecule has 92 valence electrons. The molecular formula is C11H11ClFNO3. The van der Waals surface area contributed by atoms with Crippen LogP contribution in [0.5, 0.6) is 0 Å². The van der Waals surface area contributed by atoms with Crippen molar-refractivity contribution in [1.82, 2.24) is 4.90 Å². The molecule has 1 N–H and O–H groups in total. The Morgan fingerprint density at radius 2 is 2.12 bits per heavy atom. The van der Waals surface area contributed by atoms with E-state index >= 15 is 0 Å². The first-order chi connectivity index (χ1) is 7.95. The Hall–Kier alpha value is -1.62. The SMILES string of the molecule is CCN(CC(=O)O)C(=O)c1ccc(F)cc1Cl. The second kappa shape index (κ2) is 5.63. The van der Waals surface area contributed by atoms with E-state index in [1.807, 2.05) is 0 Å². The van der Waals surface area contributed by atoms with E-state index in [-0.39, 0.29) is 17.1 Å². The lowest BCUT2D eigenvalue weighted by Gasteiger charge is -2.19. The standard InChI is InChI=1S/C11H11ClFNO3/c1-2-14(6-10(15)16)11(17)8-4-3-7(13)5-9(8)12/h3-5H,2,6H2,1H3,(H,15,16). The largest absolute Gasteiger partial charge is 0.480 e. The molecule has 0 saturated heterocycles. The molecule has 1 aromatic carbocycles. The van der Waals surface area contributed by atoms with Gasteiger partial charge in [0.2, 0.25) is 0 Å². The number of likely N-dealkylation sites (N-methyl/N-ethyl adjacent to an activating group) is 1. The van der Waals surface area contributed by atoms with E-state index in [1.54, 1.807) is 6.92 Å². The lowest BCUT2D eigenvalue weighted by molar-refractivity contribution is -0.137. The van der Waals surface area contributed by atoms with Gasteiger partial charge in [-0.1, -0.05) is 11.6 Å². The van der Waals surface area contributed by atoms with Crippen molar-refractivity contribution in [2.75, 3.05) is 13.1 Å². The minimum atomic E-state index is -1.11. The summed E-state index contributed by atoms with van der Waals surface area (Å²) in [4.78, 5) is 23.6. The Kier molecular flexibility index (Phi) is 4.45. The number of carbonyl (C=O) groups excluding carboxylic acids is 1. The molecule has 1 amide bonds. The van der Waals surface area contributed by atoms with Gasteiger partial charge < -0.3 is 10.0 Å². The maximum Gasteiger partial charge on any atom is 0.323 e. The van der Waals surface area contributed by atoms with Gasteiger partial charge in [-0.2, -0.15) is 0 Å². The Balaban J connectivity index is 2.97. The highest BCUT2D eigenvalue weighted by atomic mass is 35.5. The summed E-state index contributed by atoms with van der Waals surface area (Å²) in [5, 5.41) is 8.61. The minimum Gasteiger partial charge on any atom is -0.480 e. The van der Waals surface area contributed by atoms with Crippen LogP contribution in [0, 0.1) is 5.82 Å². The van der Waals surface area contributed by atoms with Gasteiger partial charge in [-0.05, 0) is 25.1 Å². The second-order valence-corrected chi connectivity index (χ2v) is 3.74. The Bertz CT molecular complexity index is 450. The van der Waals surface area contributed by atoms with Crippen LogP contribution in [-0.4, -0.2) is 35.0 Å². The van der Waals surface area contributed by atoms with Gasteiger partial charge in [-0.25, -0.2) is 4.39 Å². The van der Waals surface area contributed by atoms with Crippen molar-refractivity contribution in [1.29, 1.82) is 0 Å². The molecule has 17 heavy (non-hydrogen) atoms. The molecule has 0 aliphatic carbocycles. The van der Waals surface area contributed by atoms with Crippen LogP contribution in [0.2, 0.25) is 5.02 Å². The molecule has 0 heterocycles. The van der Waals surface area contributed by atoms with Crippen molar-refractivity contribution < 1.29 is 19.1 Å². The van der Waals surface area contributed by atoms with Gasteiger partial charge in [-0.15, -0.1) is 0 Å². The third-order valence-corrected chi connectivity index (χ3v) is 2.47. The highest BCUT2D eigenvalue weighted by Crippen LogP contribution is 2.19. The molecule has 0 fully saturated rings. The molecule has 0 saturated carbocycles. The topological polar surface area (TPSA) is 57.6 Å². The van der Waals surface area contributed by atoms with Crippen LogP contribution < -0.4 is 0 Å². The van der Waals surface area contributed by atoms with Crippen molar-refractivity contribution >= 4 is 23.5 Å². The molecule has 0 aromatic heterocycles. The van der Waals surface area contributed by atoms with E-state index in [2.05, 4.69) is 0 Å². The van der Waals surface area contributed by atoms with Crippen LogP contribution in [0.1, 0.15) is 17.3 Å². The maximum absolute atomic E-state index is 12.8. The quantitative estimate of drug-likeness (QED) is 0.900. The molecule has 6 heteroatoms. The van der Waals surface area contributed by atoms with Gasteiger partial charge in [0.1, 0.15) is 12.4 Å². The number of rotatable bonds is 4. The summed E-state index contributed by atoms with van der Waals surface area (Å²) in [6.45, 7) is 1.47. The Labute approximate surface area is 103 Å². The average molecular weight is 260 g/mol. The zero-order chi connectivity index (χ0) is 13.0. The van der Waals surface area contributed by atoms with Crippen molar-refractivity contribution in [2.45, 2.75) is 6.92 Å². The Morgan fingerprint density at radius 1 is 1.47 bits per heavy atom. The minimum absolute atomic E-state index is 0.0289. The normalized spacial score (nSPS) is 10.1. The number of aliphatic carboxylic acids is 1. The lowest BCUT2D eigenvalue weighted by atomic mass is 10.2. The Morgan fingerprint density at radius 3 is 2.59 bits per heavy atom. The van der Waals surface area contributed by atoms with Crippen LogP contribution in [0.25, 0.3) is 0 Å². The third-order valence-electron chi connectivity index (χ3n) is 2.16. The molecule has 4 nitrogen and oxygen atoms in total. The first kappa shape index (κ1) is 13.4. The van der Waals surface area contributed by atoms with E-state index in [4.69, 9.17) is 16.7 Å². The molecule has 1 rings (SSSR count). The first-order valence-electron chi connectivity index (χ1n) is 4.91. The maximum atomic E-state index is 12.8. The van der Waals surface area contributed by atoms with Gasteiger partial charge in [0.25, 0.3) is 5.91 Å². The monoisotopic (exact) mass is 259 g/mol. The average Bonchev–Trinajstić information content (AvgIpc) is 2.24. The number of carboxylic acids is 1. The lowest BCUT2D eigenvalue weighted by Crippen LogP contribution is -2.35. The number of nitrogens with zero attached hydrogens (tertiary/aromatic N) is 1. The van der Waals surface area contributed by atoms with Crippen LogP contribution in [0.4, 0.5) is 4.39 Å². The van der Waals surface area contributed by atoms with Gasteiger partial charge in [-0.3, -0.25) is 9.59 Å². The van der Waals surface area contributed by atoms with Gasteiger partial charge in [0.15, 0.2) is 0 Å². The van der Waals surface area contributed by atoms with Crippen LogP contribution >= 0.6 is 11.6 Å². The number of hydrogen-bond acceptors (Lipinski definition) is 2. The number of hydrogen-bond donors (Lipinski definition) is 1. The van der Waals surface area contributed by atoms with Crippen LogP contribution in [0.15, 0.2) is 18.2 Å². The number of benzene rings is 1. The van der Waals surface area contributed by atoms with Gasteiger partial charge >= 0.3 is 5.97 Å². The van der Waals surface area contributed by atoms with E-state index < -0.39 is 24.2 Å². The molecule has 0 atom stereocenters. The summed E-state index contributed by atoms with van der Waals surface area (Å²) < 4.78 is 12.8. The number of carbonyl (C=O) groups is 2. The van der Waals surface area contributed by atoms with Crippen molar-refractivity contribution in [3.8, 4) is 0 Å². The summed E-state index contributed by atoms with van der Waals surface area (Å²) >= 11 is 5.73. The van der Waals surface area contributed by atoms with E-state index in [1.165, 1.54) is 6.07 Å². The first-order valence-corrected chi connectivity index (χ1v) is 5.29. The number of halogens is 2. The zero-order valence-corrected chi connectivity index (χ0v) is 9.87. The van der Waals surface area contributed by atoms with Gasteiger partial charge in [0, 0.05) is 6.54 Å². The van der Waals surface area contributed by atoms with E-state index in [0.717, 1.165) is 17.0 Å². The summed E-state index contributed by atoms with van der Waals surface area (Å²) in [5.41, 5.74) is 0.0937. The third kappa shape index (κ3) is 3.42. The fourth-order valence-corrected chi connectivity index (χ4v) is 1.57. The molecule has 0 aliphatic heterocycles.